The second-order valence-electron chi connectivity index (χ2n) is 6.28. The molecule has 0 saturated heterocycles. The normalized spacial score (nSPS) is 16.9. The Balaban J connectivity index is 2.46. The van der Waals surface area contributed by atoms with Crippen LogP contribution in [0.15, 0.2) is 10.7 Å². The average molecular weight is 222 g/mol. The molecule has 0 saturated carbocycles. The Morgan fingerprint density at radius 3 is 2.47 bits per heavy atom. The van der Waals surface area contributed by atoms with Gasteiger partial charge in [-0.25, -0.2) is 0 Å². The van der Waals surface area contributed by atoms with Gasteiger partial charge in [-0.05, 0) is 28.6 Å². The van der Waals surface area contributed by atoms with Gasteiger partial charge in [0.25, 0.3) is 0 Å². The van der Waals surface area contributed by atoms with E-state index in [9.17, 15) is 0 Å². The predicted molar refractivity (Wildman–Crippen MR) is 67.6 cm³/mol. The van der Waals surface area contributed by atoms with E-state index in [0.717, 1.165) is 6.42 Å². The van der Waals surface area contributed by atoms with Gasteiger partial charge in [-0.1, -0.05) is 33.9 Å². The summed E-state index contributed by atoms with van der Waals surface area (Å²) in [4.78, 5) is 0. The second-order valence-corrected chi connectivity index (χ2v) is 11.6. The summed E-state index contributed by atoms with van der Waals surface area (Å²) in [5, 5.41) is 1.98. The molecule has 1 heterocycles. The van der Waals surface area contributed by atoms with E-state index in [2.05, 4.69) is 40.1 Å². The fraction of sp³-hybridized carbons (Fsp3) is 0.692. The highest BCUT2D eigenvalue weighted by molar-refractivity contribution is 6.92. The molecule has 0 unspecified atom stereocenters. The van der Waals surface area contributed by atoms with Crippen molar-refractivity contribution in [3.63, 3.8) is 0 Å². The Hall–Kier alpha value is -0.503. The maximum Gasteiger partial charge on any atom is 0.106 e. The van der Waals surface area contributed by atoms with Gasteiger partial charge in [-0.3, -0.25) is 0 Å². The molecule has 0 N–H and O–H groups in total. The molecule has 1 aliphatic carbocycles. The Kier molecular flexibility index (Phi) is 2.38. The van der Waals surface area contributed by atoms with E-state index in [1.807, 2.05) is 0 Å². The number of hydrogen-bond donors (Lipinski definition) is 0. The highest BCUT2D eigenvalue weighted by Crippen LogP contribution is 2.37. The van der Waals surface area contributed by atoms with Crippen LogP contribution in [0.3, 0.4) is 0 Å². The molecule has 1 aromatic heterocycles. The number of aryl methyl sites for hydroxylation is 1. The van der Waals surface area contributed by atoms with Crippen LogP contribution in [0.25, 0.3) is 0 Å². The first-order chi connectivity index (χ1) is 6.84. The molecule has 84 valence electrons. The molecule has 1 aromatic rings. The van der Waals surface area contributed by atoms with Crippen molar-refractivity contribution in [1.29, 1.82) is 0 Å². The minimum Gasteiger partial charge on any atom is -0.469 e. The van der Waals surface area contributed by atoms with Gasteiger partial charge < -0.3 is 4.42 Å². The van der Waals surface area contributed by atoms with Crippen LogP contribution in [0.2, 0.25) is 18.1 Å². The van der Waals surface area contributed by atoms with Gasteiger partial charge in [0, 0.05) is 6.42 Å². The molecule has 2 rings (SSSR count). The van der Waals surface area contributed by atoms with Crippen LogP contribution < -0.4 is 5.19 Å². The second kappa shape index (κ2) is 3.24. The first-order valence-corrected chi connectivity index (χ1v) is 8.94. The Morgan fingerprint density at radius 2 is 1.87 bits per heavy atom. The van der Waals surface area contributed by atoms with Gasteiger partial charge in [-0.15, -0.1) is 0 Å². The highest BCUT2D eigenvalue weighted by Gasteiger charge is 2.40. The predicted octanol–water partition coefficient (Wildman–Crippen LogP) is 3.48. The van der Waals surface area contributed by atoms with E-state index in [1.165, 1.54) is 18.6 Å². The third-order valence-electron chi connectivity index (χ3n) is 4.36. The van der Waals surface area contributed by atoms with Gasteiger partial charge >= 0.3 is 0 Å². The molecule has 0 fully saturated rings. The molecule has 0 atom stereocenters. The third kappa shape index (κ3) is 1.59. The van der Waals surface area contributed by atoms with Gasteiger partial charge in [0.15, 0.2) is 0 Å². The van der Waals surface area contributed by atoms with E-state index in [-0.39, 0.29) is 0 Å². The molecule has 0 bridgehead atoms. The summed E-state index contributed by atoms with van der Waals surface area (Å²) in [6.07, 6.45) is 5.75. The number of hydrogen-bond acceptors (Lipinski definition) is 1. The topological polar surface area (TPSA) is 13.1 Å². The zero-order chi connectivity index (χ0) is 11.3. The zero-order valence-electron chi connectivity index (χ0n) is 10.6. The van der Waals surface area contributed by atoms with E-state index >= 15 is 0 Å². The quantitative estimate of drug-likeness (QED) is 0.663. The van der Waals surface area contributed by atoms with Crippen LogP contribution in [0.4, 0.5) is 0 Å². The molecule has 0 amide bonds. The van der Waals surface area contributed by atoms with Crippen molar-refractivity contribution >= 4 is 13.3 Å². The molecule has 15 heavy (non-hydrogen) atoms. The summed E-state index contributed by atoms with van der Waals surface area (Å²) < 4.78 is 5.72. The minimum absolute atomic E-state index is 0.410. The lowest BCUT2D eigenvalue weighted by Crippen LogP contribution is -2.50. The Bertz CT molecular complexity index is 368. The van der Waals surface area contributed by atoms with Crippen molar-refractivity contribution in [2.24, 2.45) is 0 Å². The lowest BCUT2D eigenvalue weighted by atomic mass is 10.2. The summed E-state index contributed by atoms with van der Waals surface area (Å²) >= 11 is 0. The van der Waals surface area contributed by atoms with Gasteiger partial charge in [-0.2, -0.15) is 0 Å². The molecule has 0 aliphatic heterocycles. The zero-order valence-corrected chi connectivity index (χ0v) is 11.6. The summed E-state index contributed by atoms with van der Waals surface area (Å²) in [5.74, 6) is 1.27. The molecule has 0 spiro atoms. The first-order valence-electron chi connectivity index (χ1n) is 5.94. The van der Waals surface area contributed by atoms with Gasteiger partial charge in [0.2, 0.25) is 0 Å². The monoisotopic (exact) mass is 222 g/mol. The van der Waals surface area contributed by atoms with E-state index in [4.69, 9.17) is 4.42 Å². The Labute approximate surface area is 93.9 Å². The molecule has 2 heteroatoms. The van der Waals surface area contributed by atoms with Crippen molar-refractivity contribution < 1.29 is 4.42 Å². The van der Waals surface area contributed by atoms with Crippen molar-refractivity contribution in [3.8, 4) is 0 Å². The minimum atomic E-state index is -1.38. The van der Waals surface area contributed by atoms with Crippen LogP contribution in [-0.4, -0.2) is 8.07 Å². The van der Waals surface area contributed by atoms with Gasteiger partial charge in [0.05, 0.1) is 14.3 Å². The van der Waals surface area contributed by atoms with Crippen LogP contribution in [0.1, 0.15) is 38.5 Å². The van der Waals surface area contributed by atoms with Crippen LogP contribution in [0.5, 0.6) is 0 Å². The van der Waals surface area contributed by atoms with Crippen molar-refractivity contribution in [2.45, 2.75) is 58.2 Å². The maximum atomic E-state index is 5.72. The first kappa shape index (κ1) is 11.0. The maximum absolute atomic E-state index is 5.72. The fourth-order valence-electron chi connectivity index (χ4n) is 2.26. The molecular weight excluding hydrogens is 200 g/mol. The van der Waals surface area contributed by atoms with Crippen molar-refractivity contribution in [3.05, 3.63) is 17.6 Å². The SMILES string of the molecule is CC(C)(C)[Si](C)(C)c1coc2c1CCC2. The summed E-state index contributed by atoms with van der Waals surface area (Å²) in [7, 11) is -1.38. The van der Waals surface area contributed by atoms with Gasteiger partial charge in [0.1, 0.15) is 5.76 Å². The number of fused-ring (bicyclic) bond motifs is 1. The van der Waals surface area contributed by atoms with Crippen LogP contribution in [-0.2, 0) is 12.8 Å². The standard InChI is InChI=1S/C13H22OSi/c1-13(2,3)15(4,5)12-9-14-11-8-6-7-10(11)12/h9H,6-8H2,1-5H3. The van der Waals surface area contributed by atoms with E-state index < -0.39 is 8.07 Å². The lowest BCUT2D eigenvalue weighted by molar-refractivity contribution is 0.516. The molecule has 0 radical (unpaired) electrons. The molecule has 1 aliphatic rings. The summed E-state index contributed by atoms with van der Waals surface area (Å²) in [6.45, 7) is 12.0. The smallest absolute Gasteiger partial charge is 0.106 e. The van der Waals surface area contributed by atoms with Crippen LogP contribution >= 0.6 is 0 Å². The fourth-order valence-corrected chi connectivity index (χ4v) is 4.44. The Morgan fingerprint density at radius 1 is 1.20 bits per heavy atom. The van der Waals surface area contributed by atoms with Crippen molar-refractivity contribution in [1.82, 2.24) is 0 Å². The largest absolute Gasteiger partial charge is 0.469 e. The molecule has 0 aromatic carbocycles. The number of rotatable bonds is 1. The molecule has 1 nitrogen and oxygen atoms in total. The van der Waals surface area contributed by atoms with E-state index in [0.29, 0.717) is 5.04 Å². The van der Waals surface area contributed by atoms with E-state index in [1.54, 1.807) is 10.8 Å². The average Bonchev–Trinajstić information content (AvgIpc) is 2.58. The van der Waals surface area contributed by atoms with Crippen LogP contribution in [0, 0.1) is 0 Å². The summed E-state index contributed by atoms with van der Waals surface area (Å²) in [5.41, 5.74) is 1.56. The number of furan rings is 1. The molecular formula is C13H22OSi. The highest BCUT2D eigenvalue weighted by atomic mass is 28.3. The van der Waals surface area contributed by atoms with Crippen molar-refractivity contribution in [2.75, 3.05) is 0 Å². The third-order valence-corrected chi connectivity index (χ3v) is 9.88. The summed E-state index contributed by atoms with van der Waals surface area (Å²) in [6, 6.07) is 0. The lowest BCUT2D eigenvalue weighted by Gasteiger charge is -2.36.